The summed E-state index contributed by atoms with van der Waals surface area (Å²) in [6.45, 7) is 7.28. The fourth-order valence-electron chi connectivity index (χ4n) is 4.53. The van der Waals surface area contributed by atoms with Gasteiger partial charge >= 0.3 is 24.1 Å². The zero-order valence-electron chi connectivity index (χ0n) is 24.7. The molecule has 1 atom stereocenters. The number of carbonyl (C=O) groups excluding carboxylic acids is 4. The van der Waals surface area contributed by atoms with Crippen LogP contribution >= 0.6 is 0 Å². The summed E-state index contributed by atoms with van der Waals surface area (Å²) >= 11 is 0. The molecule has 0 saturated heterocycles. The van der Waals surface area contributed by atoms with Crippen LogP contribution in [0.25, 0.3) is 11.1 Å². The zero-order valence-corrected chi connectivity index (χ0v) is 24.7. The van der Waals surface area contributed by atoms with Crippen molar-refractivity contribution in [3.63, 3.8) is 0 Å². The number of ether oxygens (including phenoxy) is 7. The summed E-state index contributed by atoms with van der Waals surface area (Å²) in [4.78, 5) is 46.9. The van der Waals surface area contributed by atoms with Crippen molar-refractivity contribution in [2.45, 2.75) is 19.8 Å². The summed E-state index contributed by atoms with van der Waals surface area (Å²) in [6, 6.07) is 13.8. The number of fused-ring (bicyclic) bond motifs is 3. The van der Waals surface area contributed by atoms with Crippen molar-refractivity contribution >= 4 is 24.1 Å². The molecule has 236 valence electrons. The van der Waals surface area contributed by atoms with Gasteiger partial charge in [0.15, 0.2) is 0 Å². The quantitative estimate of drug-likeness (QED) is 0.0754. The van der Waals surface area contributed by atoms with Crippen molar-refractivity contribution in [3.8, 4) is 28.4 Å². The lowest BCUT2D eigenvalue weighted by molar-refractivity contribution is -0.139. The van der Waals surface area contributed by atoms with Gasteiger partial charge in [-0.3, -0.25) is 4.79 Å². The van der Waals surface area contributed by atoms with Gasteiger partial charge in [0.25, 0.3) is 0 Å². The maximum absolute atomic E-state index is 14.8. The number of hydrogen-bond donors (Lipinski definition) is 0. The molecule has 4 rings (SSSR count). The van der Waals surface area contributed by atoms with Gasteiger partial charge in [0, 0.05) is 25.0 Å². The molecule has 0 heterocycles. The molecule has 3 aromatic rings. The third-order valence-corrected chi connectivity index (χ3v) is 6.56. The zero-order chi connectivity index (χ0) is 32.3. The molecule has 0 amide bonds. The van der Waals surface area contributed by atoms with Crippen LogP contribution < -0.4 is 14.2 Å². The lowest BCUT2D eigenvalue weighted by Crippen LogP contribution is -2.17. The Kier molecular flexibility index (Phi) is 11.4. The lowest BCUT2D eigenvalue weighted by atomic mass is 9.99. The predicted octanol–water partition coefficient (Wildman–Crippen LogP) is 5.38. The first kappa shape index (κ1) is 32.8. The summed E-state index contributed by atoms with van der Waals surface area (Å²) in [5.41, 5.74) is 3.44. The van der Waals surface area contributed by atoms with Crippen molar-refractivity contribution in [3.05, 3.63) is 89.8 Å². The Labute approximate surface area is 258 Å². The average Bonchev–Trinajstić information content (AvgIpc) is 3.27. The van der Waals surface area contributed by atoms with Crippen molar-refractivity contribution < 1.29 is 56.7 Å². The molecule has 0 aliphatic heterocycles. The van der Waals surface area contributed by atoms with Gasteiger partial charge in [-0.15, -0.1) is 0 Å². The first-order valence-electron chi connectivity index (χ1n) is 13.9. The third kappa shape index (κ3) is 8.97. The van der Waals surface area contributed by atoms with Crippen LogP contribution in [-0.2, 0) is 28.5 Å². The van der Waals surface area contributed by atoms with Gasteiger partial charge in [0.2, 0.25) is 0 Å². The molecular formula is C33H31FO11. The Balaban J connectivity index is 1.22. The number of halogens is 1. The SMILES string of the molecule is C=CC(=O)OCCOCCOCCOC(=O)Oc1ccc(C(=O)Oc2ccc3c(c2)C(C)c2cc(OC(C)=O)ccc2-3)c(F)c1. The van der Waals surface area contributed by atoms with Gasteiger partial charge < -0.3 is 33.2 Å². The molecule has 1 aliphatic carbocycles. The molecule has 45 heavy (non-hydrogen) atoms. The summed E-state index contributed by atoms with van der Waals surface area (Å²) < 4.78 is 50.5. The number of rotatable bonds is 14. The van der Waals surface area contributed by atoms with E-state index in [9.17, 15) is 23.6 Å². The molecule has 1 aliphatic rings. The second-order valence-electron chi connectivity index (χ2n) is 9.64. The van der Waals surface area contributed by atoms with Gasteiger partial charge in [-0.1, -0.05) is 25.6 Å². The highest BCUT2D eigenvalue weighted by molar-refractivity contribution is 5.92. The number of benzene rings is 3. The predicted molar refractivity (Wildman–Crippen MR) is 157 cm³/mol. The highest BCUT2D eigenvalue weighted by Gasteiger charge is 2.27. The Morgan fingerprint density at radius 3 is 1.84 bits per heavy atom. The molecule has 0 bridgehead atoms. The van der Waals surface area contributed by atoms with Crippen molar-refractivity contribution in [2.75, 3.05) is 39.6 Å². The van der Waals surface area contributed by atoms with Gasteiger partial charge in [-0.05, 0) is 58.7 Å². The Morgan fingerprint density at radius 2 is 1.27 bits per heavy atom. The second kappa shape index (κ2) is 15.6. The van der Waals surface area contributed by atoms with Crippen LogP contribution in [0.15, 0.2) is 67.3 Å². The molecule has 0 fully saturated rings. The van der Waals surface area contributed by atoms with E-state index in [2.05, 4.69) is 6.58 Å². The molecule has 3 aromatic carbocycles. The van der Waals surface area contributed by atoms with Gasteiger partial charge in [-0.2, -0.15) is 0 Å². The van der Waals surface area contributed by atoms with E-state index in [0.717, 1.165) is 40.5 Å². The normalized spacial score (nSPS) is 12.8. The van der Waals surface area contributed by atoms with Crippen LogP contribution in [0, 0.1) is 5.82 Å². The van der Waals surface area contributed by atoms with Gasteiger partial charge in [0.05, 0.1) is 32.0 Å². The standard InChI is InChI=1S/C33H31FO11/c1-4-31(36)41-15-13-39-11-12-40-14-16-42-33(38)45-24-7-10-27(30(34)19-24)32(37)44-23-6-9-26-25-8-5-22(43-21(3)35)17-28(25)20(2)29(26)18-23/h4-10,17-20H,1,11-16H2,2-3H3. The summed E-state index contributed by atoms with van der Waals surface area (Å²) in [6.07, 6.45) is -0.0265. The average molecular weight is 623 g/mol. The molecule has 0 radical (unpaired) electrons. The van der Waals surface area contributed by atoms with E-state index in [1.54, 1.807) is 18.2 Å². The third-order valence-electron chi connectivity index (χ3n) is 6.56. The van der Waals surface area contributed by atoms with Crippen LogP contribution in [0.5, 0.6) is 17.2 Å². The summed E-state index contributed by atoms with van der Waals surface area (Å²) in [7, 11) is 0. The topological polar surface area (TPSA) is 133 Å². The molecule has 0 spiro atoms. The summed E-state index contributed by atoms with van der Waals surface area (Å²) in [5.74, 6) is -2.39. The lowest BCUT2D eigenvalue weighted by Gasteiger charge is -2.11. The second-order valence-corrected chi connectivity index (χ2v) is 9.64. The Hall–Kier alpha value is -5.07. The highest BCUT2D eigenvalue weighted by Crippen LogP contribution is 2.47. The Bertz CT molecular complexity index is 1580. The molecular weight excluding hydrogens is 591 g/mol. The number of carbonyl (C=O) groups is 4. The van der Waals surface area contributed by atoms with Crippen LogP contribution in [0.1, 0.15) is 41.3 Å². The van der Waals surface area contributed by atoms with E-state index in [0.29, 0.717) is 5.75 Å². The van der Waals surface area contributed by atoms with E-state index in [1.165, 1.54) is 13.0 Å². The maximum atomic E-state index is 14.8. The maximum Gasteiger partial charge on any atom is 0.513 e. The minimum atomic E-state index is -1.08. The van der Waals surface area contributed by atoms with E-state index < -0.39 is 29.9 Å². The van der Waals surface area contributed by atoms with Crippen molar-refractivity contribution in [1.29, 1.82) is 0 Å². The van der Waals surface area contributed by atoms with Crippen LogP contribution in [0.4, 0.5) is 9.18 Å². The molecule has 0 aromatic heterocycles. The molecule has 12 heteroatoms. The minimum absolute atomic E-state index is 0.0614. The van der Waals surface area contributed by atoms with E-state index >= 15 is 0 Å². The first-order chi connectivity index (χ1) is 21.7. The number of esters is 3. The smallest absolute Gasteiger partial charge is 0.460 e. The van der Waals surface area contributed by atoms with Gasteiger partial charge in [-0.25, -0.2) is 18.8 Å². The van der Waals surface area contributed by atoms with Crippen LogP contribution in [0.3, 0.4) is 0 Å². The van der Waals surface area contributed by atoms with Gasteiger partial charge in [0.1, 0.15) is 36.3 Å². The first-order valence-corrected chi connectivity index (χ1v) is 13.9. The van der Waals surface area contributed by atoms with E-state index in [-0.39, 0.29) is 62.6 Å². The van der Waals surface area contributed by atoms with Crippen molar-refractivity contribution in [1.82, 2.24) is 0 Å². The highest BCUT2D eigenvalue weighted by atomic mass is 19.1. The fourth-order valence-corrected chi connectivity index (χ4v) is 4.53. The monoisotopic (exact) mass is 622 g/mol. The van der Waals surface area contributed by atoms with E-state index in [1.807, 2.05) is 25.1 Å². The van der Waals surface area contributed by atoms with Crippen molar-refractivity contribution in [2.24, 2.45) is 0 Å². The summed E-state index contributed by atoms with van der Waals surface area (Å²) in [5, 5.41) is 0. The largest absolute Gasteiger partial charge is 0.513 e. The number of hydrogen-bond acceptors (Lipinski definition) is 11. The molecule has 0 saturated carbocycles. The van der Waals surface area contributed by atoms with Crippen LogP contribution in [-0.4, -0.2) is 63.7 Å². The fraction of sp³-hybridized carbons (Fsp3) is 0.273. The Morgan fingerprint density at radius 1 is 0.733 bits per heavy atom. The van der Waals surface area contributed by atoms with E-state index in [4.69, 9.17) is 33.2 Å². The molecule has 11 nitrogen and oxygen atoms in total. The van der Waals surface area contributed by atoms with Crippen LogP contribution in [0.2, 0.25) is 0 Å². The minimum Gasteiger partial charge on any atom is -0.460 e. The molecule has 1 unspecified atom stereocenters. The molecule has 0 N–H and O–H groups in total.